The van der Waals surface area contributed by atoms with E-state index in [9.17, 15) is 26.4 Å². The number of piperidine rings is 1. The number of hydrogen-bond acceptors (Lipinski definition) is 3. The molecule has 1 amide bonds. The fourth-order valence-electron chi connectivity index (χ4n) is 3.66. The highest BCUT2D eigenvalue weighted by Gasteiger charge is 2.33. The number of nitrogens with one attached hydrogen (secondary N) is 1. The highest BCUT2D eigenvalue weighted by Crippen LogP contribution is 2.31. The fraction of sp³-hybridized carbons (Fsp3) is 0.409. The number of carbonyl (C=O) groups excluding carboxylic acids is 1. The zero-order valence-electron chi connectivity index (χ0n) is 16.9. The Morgan fingerprint density at radius 1 is 1.10 bits per heavy atom. The van der Waals surface area contributed by atoms with E-state index in [4.69, 9.17) is 0 Å². The van der Waals surface area contributed by atoms with E-state index in [2.05, 4.69) is 5.32 Å². The van der Waals surface area contributed by atoms with Gasteiger partial charge in [0.1, 0.15) is 0 Å². The van der Waals surface area contributed by atoms with Crippen LogP contribution in [0.3, 0.4) is 0 Å². The van der Waals surface area contributed by atoms with E-state index in [1.807, 2.05) is 30.3 Å². The summed E-state index contributed by atoms with van der Waals surface area (Å²) in [5, 5.41) is 2.50. The Bertz CT molecular complexity index is 995. The molecule has 0 radical (unpaired) electrons. The van der Waals surface area contributed by atoms with Crippen LogP contribution in [-0.2, 0) is 27.4 Å². The second kappa shape index (κ2) is 9.82. The summed E-state index contributed by atoms with van der Waals surface area (Å²) in [5.74, 6) is -1.08. The van der Waals surface area contributed by atoms with Crippen LogP contribution in [0.4, 0.5) is 18.9 Å². The van der Waals surface area contributed by atoms with Gasteiger partial charge in [-0.05, 0) is 49.4 Å². The molecular formula is C22H25F3N2O3S. The Kier molecular flexibility index (Phi) is 7.38. The average Bonchev–Trinajstić information content (AvgIpc) is 2.74. The van der Waals surface area contributed by atoms with Gasteiger partial charge in [-0.1, -0.05) is 36.4 Å². The lowest BCUT2D eigenvalue weighted by Gasteiger charge is -2.31. The Morgan fingerprint density at radius 2 is 1.84 bits per heavy atom. The quantitative estimate of drug-likeness (QED) is 0.678. The number of aryl methyl sites for hydroxylation is 1. The van der Waals surface area contributed by atoms with Gasteiger partial charge in [0.2, 0.25) is 15.9 Å². The van der Waals surface area contributed by atoms with Crippen molar-refractivity contribution in [1.82, 2.24) is 4.31 Å². The summed E-state index contributed by atoms with van der Waals surface area (Å²) in [6.07, 6.45) is -2.37. The number of carbonyl (C=O) groups is 1. The predicted molar refractivity (Wildman–Crippen MR) is 113 cm³/mol. The molecule has 5 nitrogen and oxygen atoms in total. The Hall–Kier alpha value is -2.39. The van der Waals surface area contributed by atoms with Gasteiger partial charge in [0.05, 0.1) is 17.2 Å². The van der Waals surface area contributed by atoms with Crippen LogP contribution in [0.5, 0.6) is 0 Å². The van der Waals surface area contributed by atoms with Crippen LogP contribution in [-0.4, -0.2) is 37.5 Å². The Labute approximate surface area is 180 Å². The molecule has 1 saturated heterocycles. The molecule has 1 heterocycles. The number of sulfonamides is 1. The first-order valence-electron chi connectivity index (χ1n) is 10.1. The van der Waals surface area contributed by atoms with Gasteiger partial charge in [-0.25, -0.2) is 12.7 Å². The number of alkyl halides is 3. The van der Waals surface area contributed by atoms with E-state index < -0.39 is 33.6 Å². The van der Waals surface area contributed by atoms with E-state index in [1.165, 1.54) is 16.4 Å². The lowest BCUT2D eigenvalue weighted by molar-refractivity contribution is -0.137. The third-order valence-corrected chi connectivity index (χ3v) is 7.24. The van der Waals surface area contributed by atoms with Crippen molar-refractivity contribution in [3.8, 4) is 0 Å². The number of amides is 1. The van der Waals surface area contributed by atoms with Gasteiger partial charge in [0.15, 0.2) is 0 Å². The van der Waals surface area contributed by atoms with Crippen molar-refractivity contribution in [2.45, 2.75) is 31.9 Å². The van der Waals surface area contributed by atoms with Crippen LogP contribution < -0.4 is 5.32 Å². The molecule has 9 heteroatoms. The van der Waals surface area contributed by atoms with Crippen molar-refractivity contribution in [3.63, 3.8) is 0 Å². The number of halogens is 3. The third-order valence-electron chi connectivity index (χ3n) is 5.32. The summed E-state index contributed by atoms with van der Waals surface area (Å²) in [6, 6.07) is 14.0. The monoisotopic (exact) mass is 454 g/mol. The second-order valence-corrected chi connectivity index (χ2v) is 9.76. The van der Waals surface area contributed by atoms with Crippen LogP contribution in [0, 0.1) is 5.92 Å². The van der Waals surface area contributed by atoms with Crippen molar-refractivity contribution < 1.29 is 26.4 Å². The molecular weight excluding hydrogens is 429 g/mol. The lowest BCUT2D eigenvalue weighted by atomic mass is 9.98. The van der Waals surface area contributed by atoms with Gasteiger partial charge in [-0.2, -0.15) is 13.2 Å². The van der Waals surface area contributed by atoms with Gasteiger partial charge < -0.3 is 5.32 Å². The molecule has 0 aliphatic carbocycles. The largest absolute Gasteiger partial charge is 0.416 e. The van der Waals surface area contributed by atoms with Gasteiger partial charge in [0, 0.05) is 18.8 Å². The summed E-state index contributed by atoms with van der Waals surface area (Å²) in [7, 11) is -3.51. The van der Waals surface area contributed by atoms with Crippen LogP contribution in [0.25, 0.3) is 0 Å². The first kappa shape index (κ1) is 23.3. The van der Waals surface area contributed by atoms with Crippen molar-refractivity contribution in [3.05, 3.63) is 65.7 Å². The molecule has 2 aromatic rings. The van der Waals surface area contributed by atoms with E-state index in [-0.39, 0.29) is 18.0 Å². The standard InChI is InChI=1S/C22H25F3N2O3S/c23-22(24,25)19-11-4-12-20(15-19)26-21(28)18-10-5-13-27(16-18)31(29,30)14-6-9-17-7-2-1-3-8-17/h1-4,7-8,11-12,15,18H,5-6,9-10,13-14,16H2,(H,26,28). The van der Waals surface area contributed by atoms with Crippen LogP contribution in [0.1, 0.15) is 30.4 Å². The molecule has 168 valence electrons. The Morgan fingerprint density at radius 3 is 2.55 bits per heavy atom. The number of hydrogen-bond donors (Lipinski definition) is 1. The predicted octanol–water partition coefficient (Wildman–Crippen LogP) is 4.32. The molecule has 1 N–H and O–H groups in total. The fourth-order valence-corrected chi connectivity index (χ4v) is 5.24. The smallest absolute Gasteiger partial charge is 0.326 e. The normalized spacial score (nSPS) is 18.0. The zero-order valence-corrected chi connectivity index (χ0v) is 17.8. The van der Waals surface area contributed by atoms with Crippen molar-refractivity contribution >= 4 is 21.6 Å². The molecule has 0 saturated carbocycles. The lowest BCUT2D eigenvalue weighted by Crippen LogP contribution is -2.44. The molecule has 31 heavy (non-hydrogen) atoms. The van der Waals surface area contributed by atoms with Gasteiger partial charge in [-0.15, -0.1) is 0 Å². The molecule has 1 unspecified atom stereocenters. The van der Waals surface area contributed by atoms with Crippen LogP contribution >= 0.6 is 0 Å². The number of anilines is 1. The molecule has 1 aliphatic rings. The second-order valence-electron chi connectivity index (χ2n) is 7.67. The molecule has 1 atom stereocenters. The Balaban J connectivity index is 1.57. The average molecular weight is 455 g/mol. The summed E-state index contributed by atoms with van der Waals surface area (Å²) >= 11 is 0. The summed E-state index contributed by atoms with van der Waals surface area (Å²) in [4.78, 5) is 12.6. The molecule has 0 aromatic heterocycles. The zero-order chi connectivity index (χ0) is 22.5. The topological polar surface area (TPSA) is 66.5 Å². The van der Waals surface area contributed by atoms with Gasteiger partial charge >= 0.3 is 6.18 Å². The van der Waals surface area contributed by atoms with Crippen molar-refractivity contribution in [2.24, 2.45) is 5.92 Å². The van der Waals surface area contributed by atoms with Crippen LogP contribution in [0.15, 0.2) is 54.6 Å². The first-order chi connectivity index (χ1) is 14.6. The summed E-state index contributed by atoms with van der Waals surface area (Å²) < 4.78 is 65.4. The summed E-state index contributed by atoms with van der Waals surface area (Å²) in [6.45, 7) is 0.388. The summed E-state index contributed by atoms with van der Waals surface area (Å²) in [5.41, 5.74) is 0.258. The van der Waals surface area contributed by atoms with E-state index in [1.54, 1.807) is 0 Å². The van der Waals surface area contributed by atoms with Gasteiger partial charge in [-0.3, -0.25) is 4.79 Å². The SMILES string of the molecule is O=C(Nc1cccc(C(F)(F)F)c1)C1CCCN(S(=O)(=O)CCCc2ccccc2)C1. The minimum Gasteiger partial charge on any atom is -0.326 e. The molecule has 2 aromatic carbocycles. The third kappa shape index (κ3) is 6.54. The minimum absolute atomic E-state index is 0.0101. The van der Waals surface area contributed by atoms with Crippen molar-refractivity contribution in [1.29, 1.82) is 0 Å². The first-order valence-corrected chi connectivity index (χ1v) is 11.8. The molecule has 0 bridgehead atoms. The van der Waals surface area contributed by atoms with Crippen LogP contribution in [0.2, 0.25) is 0 Å². The van der Waals surface area contributed by atoms with E-state index in [0.29, 0.717) is 32.2 Å². The molecule has 1 aliphatic heterocycles. The van der Waals surface area contributed by atoms with Gasteiger partial charge in [0.25, 0.3) is 0 Å². The molecule has 0 spiro atoms. The minimum atomic E-state index is -4.50. The maximum absolute atomic E-state index is 12.9. The van der Waals surface area contributed by atoms with E-state index in [0.717, 1.165) is 17.7 Å². The maximum Gasteiger partial charge on any atom is 0.416 e. The number of benzene rings is 2. The molecule has 1 fully saturated rings. The maximum atomic E-state index is 12.9. The molecule has 3 rings (SSSR count). The van der Waals surface area contributed by atoms with Crippen molar-refractivity contribution in [2.75, 3.05) is 24.2 Å². The highest BCUT2D eigenvalue weighted by atomic mass is 32.2. The van der Waals surface area contributed by atoms with E-state index >= 15 is 0 Å². The highest BCUT2D eigenvalue weighted by molar-refractivity contribution is 7.89. The number of rotatable bonds is 7. The number of nitrogens with zero attached hydrogens (tertiary/aromatic N) is 1.